The lowest BCUT2D eigenvalue weighted by Crippen LogP contribution is -2.52. The molecule has 0 bridgehead atoms. The molecule has 1 fully saturated rings. The lowest BCUT2D eigenvalue weighted by molar-refractivity contribution is 0.290. The molecule has 2 aliphatic rings. The number of hydrogen-bond donors (Lipinski definition) is 2. The van der Waals surface area contributed by atoms with Crippen LogP contribution in [0.4, 0.5) is 5.69 Å². The maximum atomic E-state index is 5.02. The predicted octanol–water partition coefficient (Wildman–Crippen LogP) is 3.78. The van der Waals surface area contributed by atoms with Crippen LogP contribution >= 0.6 is 25.3 Å². The van der Waals surface area contributed by atoms with Crippen LogP contribution in [0.1, 0.15) is 43.4 Å². The van der Waals surface area contributed by atoms with E-state index >= 15 is 0 Å². The highest BCUT2D eigenvalue weighted by Gasteiger charge is 2.44. The zero-order valence-electron chi connectivity index (χ0n) is 14.0. The van der Waals surface area contributed by atoms with Gasteiger partial charge in [0.05, 0.1) is 6.04 Å². The van der Waals surface area contributed by atoms with E-state index in [2.05, 4.69) is 42.8 Å². The topological polar surface area (TPSA) is 6.48 Å². The second-order valence-corrected chi connectivity index (χ2v) is 8.40. The highest BCUT2D eigenvalue weighted by Crippen LogP contribution is 2.44. The van der Waals surface area contributed by atoms with Crippen molar-refractivity contribution in [3.05, 3.63) is 28.8 Å². The van der Waals surface area contributed by atoms with Gasteiger partial charge in [0.25, 0.3) is 0 Å². The van der Waals surface area contributed by atoms with Crippen molar-refractivity contribution in [3.8, 4) is 0 Å². The number of anilines is 1. The van der Waals surface area contributed by atoms with Crippen molar-refractivity contribution in [1.29, 1.82) is 0 Å². The molecule has 0 spiro atoms. The molecule has 4 heteroatoms. The number of likely N-dealkylation sites (tertiary alicyclic amines) is 1. The Bertz CT molecular complexity index is 556. The summed E-state index contributed by atoms with van der Waals surface area (Å²) in [4.78, 5) is 4.85. The first kappa shape index (κ1) is 16.5. The lowest BCUT2D eigenvalue weighted by atomic mass is 9.98. The van der Waals surface area contributed by atoms with E-state index in [-0.39, 0.29) is 0 Å². The molecule has 2 aliphatic heterocycles. The molecule has 0 saturated carbocycles. The van der Waals surface area contributed by atoms with E-state index in [0.29, 0.717) is 6.04 Å². The summed E-state index contributed by atoms with van der Waals surface area (Å²) in [6.07, 6.45) is 5.77. The number of thiol groups is 2. The van der Waals surface area contributed by atoms with E-state index in [9.17, 15) is 0 Å². The standard InChI is InChI=1S/C18H28N2S2/c1-4-13-11-15-8-10-20(16(15)12-14(13)5-2)18(21,22)17-7-6-9-19(17)3/h11-12,17,21-22H,4-10H2,1-3H3/t17-/m1/s1. The summed E-state index contributed by atoms with van der Waals surface area (Å²) < 4.78 is -0.394. The number of nitrogens with zero attached hydrogens (tertiary/aromatic N) is 2. The molecule has 0 amide bonds. The summed E-state index contributed by atoms with van der Waals surface area (Å²) in [7, 11) is 2.20. The number of rotatable bonds is 4. The molecular formula is C18H28N2S2. The van der Waals surface area contributed by atoms with Crippen molar-refractivity contribution in [2.24, 2.45) is 0 Å². The van der Waals surface area contributed by atoms with E-state index in [0.717, 1.165) is 32.4 Å². The summed E-state index contributed by atoms with van der Waals surface area (Å²) in [5.41, 5.74) is 5.82. The third-order valence-electron chi connectivity index (χ3n) is 5.42. The Labute approximate surface area is 146 Å². The summed E-state index contributed by atoms with van der Waals surface area (Å²) in [5.74, 6) is 0. The fraction of sp³-hybridized carbons (Fsp3) is 0.667. The molecule has 122 valence electrons. The number of fused-ring (bicyclic) bond motifs is 1. The van der Waals surface area contributed by atoms with Gasteiger partial charge in [0, 0.05) is 12.2 Å². The summed E-state index contributed by atoms with van der Waals surface area (Å²) in [6.45, 7) is 6.69. The summed E-state index contributed by atoms with van der Waals surface area (Å²) in [6, 6.07) is 5.22. The maximum Gasteiger partial charge on any atom is 0.143 e. The van der Waals surface area contributed by atoms with E-state index in [1.54, 1.807) is 0 Å². The van der Waals surface area contributed by atoms with E-state index in [1.807, 2.05) is 0 Å². The monoisotopic (exact) mass is 336 g/mol. The molecule has 1 aromatic carbocycles. The van der Waals surface area contributed by atoms with Crippen molar-refractivity contribution in [2.75, 3.05) is 25.0 Å². The molecular weight excluding hydrogens is 308 g/mol. The van der Waals surface area contributed by atoms with Gasteiger partial charge in [-0.2, -0.15) is 0 Å². The van der Waals surface area contributed by atoms with Crippen LogP contribution in [0, 0.1) is 0 Å². The highest BCUT2D eigenvalue weighted by molar-refractivity contribution is 8.00. The molecule has 3 rings (SSSR count). The first-order chi connectivity index (χ1) is 10.5. The molecule has 0 radical (unpaired) electrons. The molecule has 1 saturated heterocycles. The summed E-state index contributed by atoms with van der Waals surface area (Å²) in [5, 5.41) is 0. The van der Waals surface area contributed by atoms with Gasteiger partial charge in [-0.1, -0.05) is 19.9 Å². The molecule has 22 heavy (non-hydrogen) atoms. The van der Waals surface area contributed by atoms with Gasteiger partial charge >= 0.3 is 0 Å². The van der Waals surface area contributed by atoms with E-state index in [1.165, 1.54) is 35.2 Å². The maximum absolute atomic E-state index is 5.02. The number of benzene rings is 1. The first-order valence-corrected chi connectivity index (χ1v) is 9.45. The Hall–Kier alpha value is -0.320. The van der Waals surface area contributed by atoms with Crippen LogP contribution in [0.5, 0.6) is 0 Å². The van der Waals surface area contributed by atoms with Gasteiger partial charge < -0.3 is 4.90 Å². The summed E-state index contributed by atoms with van der Waals surface area (Å²) >= 11 is 10.0. The molecule has 2 heterocycles. The van der Waals surface area contributed by atoms with Gasteiger partial charge in [-0.05, 0) is 68.5 Å². The van der Waals surface area contributed by atoms with Crippen molar-refractivity contribution in [1.82, 2.24) is 4.90 Å². The van der Waals surface area contributed by atoms with Crippen LogP contribution < -0.4 is 4.90 Å². The molecule has 0 unspecified atom stereocenters. The minimum absolute atomic E-state index is 0.394. The van der Waals surface area contributed by atoms with Crippen molar-refractivity contribution in [2.45, 2.75) is 56.2 Å². The lowest BCUT2D eigenvalue weighted by Gasteiger charge is -2.43. The van der Waals surface area contributed by atoms with Gasteiger partial charge in [-0.15, -0.1) is 25.3 Å². The molecule has 1 atom stereocenters. The zero-order valence-corrected chi connectivity index (χ0v) is 15.8. The normalized spacial score (nSPS) is 22.4. The van der Waals surface area contributed by atoms with Gasteiger partial charge in [0.15, 0.2) is 0 Å². The minimum atomic E-state index is -0.394. The number of hydrogen-bond acceptors (Lipinski definition) is 4. The number of aryl methyl sites for hydroxylation is 2. The Balaban J connectivity index is 1.96. The highest BCUT2D eigenvalue weighted by atomic mass is 32.2. The predicted molar refractivity (Wildman–Crippen MR) is 103 cm³/mol. The van der Waals surface area contributed by atoms with E-state index in [4.69, 9.17) is 25.3 Å². The quantitative estimate of drug-likeness (QED) is 0.638. The van der Waals surface area contributed by atoms with Crippen LogP contribution in [0.2, 0.25) is 0 Å². The molecule has 2 nitrogen and oxygen atoms in total. The number of likely N-dealkylation sites (N-methyl/N-ethyl adjacent to an activating group) is 1. The Morgan fingerprint density at radius 3 is 2.41 bits per heavy atom. The fourth-order valence-corrected chi connectivity index (χ4v) is 5.18. The fourth-order valence-electron chi connectivity index (χ4n) is 4.11. The molecule has 0 N–H and O–H groups in total. The molecule has 0 aliphatic carbocycles. The van der Waals surface area contributed by atoms with Gasteiger partial charge in [-0.25, -0.2) is 0 Å². The van der Waals surface area contributed by atoms with E-state index < -0.39 is 4.20 Å². The zero-order chi connectivity index (χ0) is 15.9. The van der Waals surface area contributed by atoms with Crippen LogP contribution in [-0.2, 0) is 19.3 Å². The van der Waals surface area contributed by atoms with Crippen LogP contribution in [0.15, 0.2) is 12.1 Å². The smallest absolute Gasteiger partial charge is 0.143 e. The van der Waals surface area contributed by atoms with Crippen LogP contribution in [0.25, 0.3) is 0 Å². The Kier molecular flexibility index (Phi) is 4.73. The van der Waals surface area contributed by atoms with Gasteiger partial charge in [-0.3, -0.25) is 4.90 Å². The largest absolute Gasteiger partial charge is 0.347 e. The van der Waals surface area contributed by atoms with Gasteiger partial charge in [0.1, 0.15) is 4.20 Å². The average Bonchev–Trinajstić information content (AvgIpc) is 3.11. The van der Waals surface area contributed by atoms with Gasteiger partial charge in [0.2, 0.25) is 0 Å². The van der Waals surface area contributed by atoms with Crippen molar-refractivity contribution in [3.63, 3.8) is 0 Å². The second-order valence-electron chi connectivity index (χ2n) is 6.68. The Morgan fingerprint density at radius 1 is 1.14 bits per heavy atom. The third kappa shape index (κ3) is 2.67. The van der Waals surface area contributed by atoms with Crippen LogP contribution in [0.3, 0.4) is 0 Å². The minimum Gasteiger partial charge on any atom is -0.347 e. The van der Waals surface area contributed by atoms with Crippen molar-refractivity contribution < 1.29 is 0 Å². The average molecular weight is 337 g/mol. The second kappa shape index (κ2) is 6.29. The van der Waals surface area contributed by atoms with Crippen molar-refractivity contribution >= 4 is 30.9 Å². The first-order valence-electron chi connectivity index (χ1n) is 8.56. The molecule has 0 aromatic heterocycles. The Morgan fingerprint density at radius 2 is 1.82 bits per heavy atom. The molecule has 1 aromatic rings. The SMILES string of the molecule is CCc1cc2c(cc1CC)N(C(S)(S)[C@H]1CCCN1C)CC2. The third-order valence-corrected chi connectivity index (χ3v) is 6.50. The van der Waals surface area contributed by atoms with Crippen LogP contribution in [-0.4, -0.2) is 35.3 Å².